The topological polar surface area (TPSA) is 46.9 Å². The predicted molar refractivity (Wildman–Crippen MR) is 89.7 cm³/mol. The van der Waals surface area contributed by atoms with Crippen LogP contribution in [0.3, 0.4) is 0 Å². The number of benzene rings is 1. The second-order valence-corrected chi connectivity index (χ2v) is 6.09. The average Bonchev–Trinajstić information content (AvgIpc) is 3.12. The number of thiazole rings is 1. The minimum absolute atomic E-state index is 0.0451. The number of aromatic nitrogens is 2. The zero-order valence-electron chi connectivity index (χ0n) is 12.5. The van der Waals surface area contributed by atoms with Crippen LogP contribution in [0.25, 0.3) is 5.13 Å². The fourth-order valence-corrected chi connectivity index (χ4v) is 3.06. The number of hydrogen-bond acceptors (Lipinski definition) is 3. The van der Waals surface area contributed by atoms with Gasteiger partial charge in [0.25, 0.3) is 0 Å². The van der Waals surface area contributed by atoms with Crippen molar-refractivity contribution in [1.82, 2.24) is 9.55 Å². The standard InChI is InChI=1S/C17H17N3OS/c1-12-5-6-15(13(2)9-12)19-16(21)10-14-11-22-17(18-14)20-7-3-4-8-20/h3-9,11H,10H2,1-2H3,(H,19,21). The zero-order valence-corrected chi connectivity index (χ0v) is 13.4. The number of aryl methyl sites for hydroxylation is 2. The number of anilines is 1. The van der Waals surface area contributed by atoms with Crippen LogP contribution in [0.1, 0.15) is 16.8 Å². The van der Waals surface area contributed by atoms with E-state index in [4.69, 9.17) is 0 Å². The summed E-state index contributed by atoms with van der Waals surface area (Å²) in [5, 5.41) is 5.75. The van der Waals surface area contributed by atoms with Gasteiger partial charge in [-0.2, -0.15) is 0 Å². The summed E-state index contributed by atoms with van der Waals surface area (Å²) in [7, 11) is 0. The Hall–Kier alpha value is -2.40. The minimum Gasteiger partial charge on any atom is -0.326 e. The molecule has 3 rings (SSSR count). The highest BCUT2D eigenvalue weighted by molar-refractivity contribution is 7.12. The van der Waals surface area contributed by atoms with Gasteiger partial charge >= 0.3 is 0 Å². The van der Waals surface area contributed by atoms with Gasteiger partial charge in [0, 0.05) is 23.5 Å². The molecule has 2 aromatic heterocycles. The van der Waals surface area contributed by atoms with E-state index in [1.807, 2.05) is 60.5 Å². The van der Waals surface area contributed by atoms with Crippen LogP contribution in [-0.2, 0) is 11.2 Å². The number of carbonyl (C=O) groups is 1. The van der Waals surface area contributed by atoms with Gasteiger partial charge in [-0.15, -0.1) is 11.3 Å². The van der Waals surface area contributed by atoms with E-state index in [1.165, 1.54) is 16.9 Å². The van der Waals surface area contributed by atoms with Crippen LogP contribution < -0.4 is 5.32 Å². The van der Waals surface area contributed by atoms with Gasteiger partial charge in [-0.25, -0.2) is 4.98 Å². The molecule has 1 aromatic carbocycles. The van der Waals surface area contributed by atoms with Crippen LogP contribution in [0.5, 0.6) is 0 Å². The van der Waals surface area contributed by atoms with Crippen LogP contribution in [0.2, 0.25) is 0 Å². The average molecular weight is 311 g/mol. The molecule has 0 aliphatic rings. The van der Waals surface area contributed by atoms with E-state index in [0.29, 0.717) is 0 Å². The fourth-order valence-electron chi connectivity index (χ4n) is 2.27. The molecule has 0 bridgehead atoms. The van der Waals surface area contributed by atoms with Gasteiger partial charge in [0.1, 0.15) is 0 Å². The van der Waals surface area contributed by atoms with Crippen molar-refractivity contribution in [3.05, 3.63) is 64.9 Å². The molecule has 0 unspecified atom stereocenters. The van der Waals surface area contributed by atoms with Crippen molar-refractivity contribution < 1.29 is 4.79 Å². The van der Waals surface area contributed by atoms with Crippen molar-refractivity contribution in [1.29, 1.82) is 0 Å². The molecular formula is C17H17N3OS. The van der Waals surface area contributed by atoms with E-state index >= 15 is 0 Å². The van der Waals surface area contributed by atoms with Crippen molar-refractivity contribution in [2.24, 2.45) is 0 Å². The van der Waals surface area contributed by atoms with E-state index in [9.17, 15) is 4.79 Å². The van der Waals surface area contributed by atoms with Crippen molar-refractivity contribution in [3.8, 4) is 5.13 Å². The van der Waals surface area contributed by atoms with Crippen molar-refractivity contribution in [2.75, 3.05) is 5.32 Å². The lowest BCUT2D eigenvalue weighted by Crippen LogP contribution is -2.15. The molecule has 0 atom stereocenters. The molecule has 1 N–H and O–H groups in total. The summed E-state index contributed by atoms with van der Waals surface area (Å²) in [6.45, 7) is 4.03. The Morgan fingerprint density at radius 3 is 2.77 bits per heavy atom. The first-order valence-corrected chi connectivity index (χ1v) is 7.94. The van der Waals surface area contributed by atoms with E-state index in [2.05, 4.69) is 16.4 Å². The molecule has 0 radical (unpaired) electrons. The Kier molecular flexibility index (Phi) is 4.06. The Balaban J connectivity index is 1.67. The molecule has 0 spiro atoms. The highest BCUT2D eigenvalue weighted by atomic mass is 32.1. The summed E-state index contributed by atoms with van der Waals surface area (Å²) in [5.41, 5.74) is 3.90. The second-order valence-electron chi connectivity index (χ2n) is 5.26. The zero-order chi connectivity index (χ0) is 15.5. The summed E-state index contributed by atoms with van der Waals surface area (Å²) in [6, 6.07) is 9.90. The smallest absolute Gasteiger partial charge is 0.230 e. The monoisotopic (exact) mass is 311 g/mol. The van der Waals surface area contributed by atoms with Crippen LogP contribution in [0.15, 0.2) is 48.1 Å². The first-order chi connectivity index (χ1) is 10.6. The van der Waals surface area contributed by atoms with Gasteiger partial charge in [-0.1, -0.05) is 17.7 Å². The Morgan fingerprint density at radius 2 is 2.05 bits per heavy atom. The molecule has 0 saturated heterocycles. The summed E-state index contributed by atoms with van der Waals surface area (Å²) in [4.78, 5) is 16.7. The maximum atomic E-state index is 12.2. The third-order valence-electron chi connectivity index (χ3n) is 3.36. The molecule has 1 amide bonds. The first kappa shape index (κ1) is 14.5. The Morgan fingerprint density at radius 1 is 1.27 bits per heavy atom. The van der Waals surface area contributed by atoms with Gasteiger partial charge in [-0.05, 0) is 37.6 Å². The third kappa shape index (κ3) is 3.26. The normalized spacial score (nSPS) is 10.6. The number of rotatable bonds is 4. The Bertz CT molecular complexity index is 790. The predicted octanol–water partition coefficient (Wildman–Crippen LogP) is 3.73. The molecule has 2 heterocycles. The summed E-state index contributed by atoms with van der Waals surface area (Å²) in [5.74, 6) is -0.0451. The number of amides is 1. The van der Waals surface area contributed by atoms with Crippen LogP contribution >= 0.6 is 11.3 Å². The summed E-state index contributed by atoms with van der Waals surface area (Å²) >= 11 is 1.53. The SMILES string of the molecule is Cc1ccc(NC(=O)Cc2csc(-n3cccc3)n2)c(C)c1. The number of nitrogens with zero attached hydrogens (tertiary/aromatic N) is 2. The molecule has 0 saturated carbocycles. The quantitative estimate of drug-likeness (QED) is 0.798. The van der Waals surface area contributed by atoms with Crippen molar-refractivity contribution in [3.63, 3.8) is 0 Å². The molecule has 0 aliphatic heterocycles. The largest absolute Gasteiger partial charge is 0.326 e. The van der Waals surface area contributed by atoms with Gasteiger partial charge in [0.05, 0.1) is 12.1 Å². The summed E-state index contributed by atoms with van der Waals surface area (Å²) < 4.78 is 1.94. The second kappa shape index (κ2) is 6.15. The number of nitrogens with one attached hydrogen (secondary N) is 1. The number of carbonyl (C=O) groups excluding carboxylic acids is 1. The lowest BCUT2D eigenvalue weighted by atomic mass is 10.1. The highest BCUT2D eigenvalue weighted by Crippen LogP contribution is 2.18. The van der Waals surface area contributed by atoms with Gasteiger partial charge in [-0.3, -0.25) is 4.79 Å². The lowest BCUT2D eigenvalue weighted by molar-refractivity contribution is -0.115. The lowest BCUT2D eigenvalue weighted by Gasteiger charge is -2.08. The molecule has 4 nitrogen and oxygen atoms in total. The third-order valence-corrected chi connectivity index (χ3v) is 4.27. The van der Waals surface area contributed by atoms with E-state index in [1.54, 1.807) is 0 Å². The molecule has 22 heavy (non-hydrogen) atoms. The number of hydrogen-bond donors (Lipinski definition) is 1. The highest BCUT2D eigenvalue weighted by Gasteiger charge is 2.10. The van der Waals surface area contributed by atoms with Gasteiger partial charge in [0.15, 0.2) is 5.13 Å². The maximum absolute atomic E-state index is 12.2. The van der Waals surface area contributed by atoms with Crippen LogP contribution in [0.4, 0.5) is 5.69 Å². The fraction of sp³-hybridized carbons (Fsp3) is 0.176. The molecule has 0 fully saturated rings. The van der Waals surface area contributed by atoms with E-state index < -0.39 is 0 Å². The summed E-state index contributed by atoms with van der Waals surface area (Å²) in [6.07, 6.45) is 4.17. The van der Waals surface area contributed by atoms with Crippen LogP contribution in [-0.4, -0.2) is 15.5 Å². The van der Waals surface area contributed by atoms with Crippen molar-refractivity contribution >= 4 is 22.9 Å². The van der Waals surface area contributed by atoms with Crippen molar-refractivity contribution in [2.45, 2.75) is 20.3 Å². The maximum Gasteiger partial charge on any atom is 0.230 e. The van der Waals surface area contributed by atoms with Gasteiger partial charge < -0.3 is 9.88 Å². The van der Waals surface area contributed by atoms with Crippen LogP contribution in [0, 0.1) is 13.8 Å². The van der Waals surface area contributed by atoms with E-state index in [0.717, 1.165) is 22.1 Å². The Labute approximate surface area is 133 Å². The van der Waals surface area contributed by atoms with Gasteiger partial charge in [0.2, 0.25) is 5.91 Å². The first-order valence-electron chi connectivity index (χ1n) is 7.06. The molecule has 5 heteroatoms. The minimum atomic E-state index is -0.0451. The van der Waals surface area contributed by atoms with E-state index in [-0.39, 0.29) is 12.3 Å². The molecule has 0 aliphatic carbocycles. The molecule has 112 valence electrons. The molecular weight excluding hydrogens is 294 g/mol. The molecule has 3 aromatic rings.